The number of rotatable bonds is 3. The van der Waals surface area contributed by atoms with E-state index in [2.05, 4.69) is 4.98 Å². The van der Waals surface area contributed by atoms with Crippen molar-refractivity contribution in [2.24, 2.45) is 0 Å². The van der Waals surface area contributed by atoms with Gasteiger partial charge in [0.2, 0.25) is 0 Å². The summed E-state index contributed by atoms with van der Waals surface area (Å²) >= 11 is 0. The molecule has 5 nitrogen and oxygen atoms in total. The lowest BCUT2D eigenvalue weighted by atomic mass is 9.89. The Labute approximate surface area is 187 Å². The predicted octanol–water partition coefficient (Wildman–Crippen LogP) is 4.90. The third-order valence-corrected chi connectivity index (χ3v) is 6.31. The second kappa shape index (κ2) is 8.08. The molecular formula is C27H24N2O3. The quantitative estimate of drug-likeness (QED) is 0.369. The van der Waals surface area contributed by atoms with Gasteiger partial charge < -0.3 is 5.11 Å². The molecule has 0 spiro atoms. The zero-order chi connectivity index (χ0) is 22.2. The summed E-state index contributed by atoms with van der Waals surface area (Å²) < 4.78 is 0. The highest BCUT2D eigenvalue weighted by molar-refractivity contribution is 6.51. The number of aromatic nitrogens is 1. The molecule has 1 fully saturated rings. The number of hydrogen-bond donors (Lipinski definition) is 1. The number of ketones is 1. The molecule has 2 heterocycles. The molecule has 1 aliphatic carbocycles. The van der Waals surface area contributed by atoms with Gasteiger partial charge in [-0.15, -0.1) is 0 Å². The van der Waals surface area contributed by atoms with Crippen LogP contribution in [-0.4, -0.2) is 21.8 Å². The van der Waals surface area contributed by atoms with Crippen molar-refractivity contribution in [1.82, 2.24) is 4.98 Å². The van der Waals surface area contributed by atoms with Gasteiger partial charge in [-0.2, -0.15) is 0 Å². The highest BCUT2D eigenvalue weighted by Crippen LogP contribution is 2.41. The normalized spacial score (nSPS) is 19.8. The monoisotopic (exact) mass is 424 g/mol. The third kappa shape index (κ3) is 3.40. The first-order valence-electron chi connectivity index (χ1n) is 11.0. The maximum Gasteiger partial charge on any atom is 0.300 e. The number of Topliss-reactive ketones (excluding diaryl/α,β-unsaturated/α-hetero) is 1. The van der Waals surface area contributed by atoms with Crippen LogP contribution in [-0.2, 0) is 22.4 Å². The molecule has 1 aromatic heterocycles. The van der Waals surface area contributed by atoms with Crippen LogP contribution in [0.4, 0.5) is 5.69 Å². The van der Waals surface area contributed by atoms with Gasteiger partial charge in [0.25, 0.3) is 11.7 Å². The van der Waals surface area contributed by atoms with E-state index in [9.17, 15) is 14.7 Å². The number of carbonyl (C=O) groups is 2. The van der Waals surface area contributed by atoms with Crippen molar-refractivity contribution in [3.8, 4) is 0 Å². The number of aliphatic hydroxyl groups excluding tert-OH is 1. The largest absolute Gasteiger partial charge is 0.507 e. The van der Waals surface area contributed by atoms with Crippen LogP contribution in [0.5, 0.6) is 0 Å². The summed E-state index contributed by atoms with van der Waals surface area (Å²) in [5.41, 5.74) is 5.23. The Balaban J connectivity index is 1.69. The number of pyridine rings is 1. The molecule has 2 aromatic carbocycles. The smallest absolute Gasteiger partial charge is 0.300 e. The summed E-state index contributed by atoms with van der Waals surface area (Å²) in [4.78, 5) is 32.3. The molecule has 1 saturated heterocycles. The highest BCUT2D eigenvalue weighted by atomic mass is 16.3. The fourth-order valence-electron chi connectivity index (χ4n) is 4.73. The Morgan fingerprint density at radius 2 is 1.78 bits per heavy atom. The fourth-order valence-corrected chi connectivity index (χ4v) is 4.73. The molecular weight excluding hydrogens is 400 g/mol. The average molecular weight is 425 g/mol. The summed E-state index contributed by atoms with van der Waals surface area (Å²) in [5, 5.41) is 11.3. The maximum absolute atomic E-state index is 13.2. The van der Waals surface area contributed by atoms with Gasteiger partial charge in [-0.1, -0.05) is 30.3 Å². The standard InChI is InChI=1S/C27H24N2O3/c1-17-7-6-10-21(15-17)29-24(22-11-4-5-14-28-22)23(26(31)27(29)32)25(30)20-13-12-18-8-2-3-9-19(18)16-20/h4-7,10-16,24,30H,2-3,8-9H2,1H3/b25-23-. The second-order valence-corrected chi connectivity index (χ2v) is 8.45. The lowest BCUT2D eigenvalue weighted by Gasteiger charge is -2.25. The Morgan fingerprint density at radius 3 is 2.53 bits per heavy atom. The molecule has 1 aliphatic heterocycles. The number of carbonyl (C=O) groups excluding carboxylic acids is 2. The predicted molar refractivity (Wildman–Crippen MR) is 123 cm³/mol. The third-order valence-electron chi connectivity index (χ3n) is 6.31. The Morgan fingerprint density at radius 1 is 0.969 bits per heavy atom. The van der Waals surface area contributed by atoms with E-state index in [4.69, 9.17) is 0 Å². The van der Waals surface area contributed by atoms with E-state index in [0.717, 1.165) is 24.8 Å². The number of benzene rings is 2. The second-order valence-electron chi connectivity index (χ2n) is 8.45. The topological polar surface area (TPSA) is 70.5 Å². The lowest BCUT2D eigenvalue weighted by Crippen LogP contribution is -2.29. The fraction of sp³-hybridized carbons (Fsp3) is 0.222. The number of amides is 1. The first kappa shape index (κ1) is 20.2. The molecule has 1 N–H and O–H groups in total. The van der Waals surface area contributed by atoms with E-state index in [0.29, 0.717) is 16.9 Å². The van der Waals surface area contributed by atoms with Gasteiger partial charge in [-0.25, -0.2) is 0 Å². The van der Waals surface area contributed by atoms with Gasteiger partial charge in [0.05, 0.1) is 11.3 Å². The zero-order valence-electron chi connectivity index (χ0n) is 17.9. The van der Waals surface area contributed by atoms with Crippen LogP contribution in [0, 0.1) is 6.92 Å². The minimum Gasteiger partial charge on any atom is -0.507 e. The van der Waals surface area contributed by atoms with Crippen LogP contribution in [0.3, 0.4) is 0 Å². The van der Waals surface area contributed by atoms with E-state index in [-0.39, 0.29) is 11.3 Å². The Hall–Kier alpha value is -3.73. The molecule has 5 rings (SSSR count). The van der Waals surface area contributed by atoms with Crippen molar-refractivity contribution in [2.45, 2.75) is 38.6 Å². The van der Waals surface area contributed by atoms with Gasteiger partial charge in [0.15, 0.2) is 0 Å². The summed E-state index contributed by atoms with van der Waals surface area (Å²) in [7, 11) is 0. The van der Waals surface area contributed by atoms with Gasteiger partial charge in [0, 0.05) is 17.4 Å². The summed E-state index contributed by atoms with van der Waals surface area (Å²) in [6, 6.07) is 17.8. The van der Waals surface area contributed by atoms with Crippen molar-refractivity contribution in [3.05, 3.63) is 100 Å². The van der Waals surface area contributed by atoms with Gasteiger partial charge >= 0.3 is 0 Å². The van der Waals surface area contributed by atoms with Crippen LogP contribution in [0.15, 0.2) is 72.4 Å². The summed E-state index contributed by atoms with van der Waals surface area (Å²) in [5.74, 6) is -1.51. The van der Waals surface area contributed by atoms with E-state index >= 15 is 0 Å². The summed E-state index contributed by atoms with van der Waals surface area (Å²) in [6.07, 6.45) is 5.90. The highest BCUT2D eigenvalue weighted by Gasteiger charge is 2.47. The maximum atomic E-state index is 13.2. The summed E-state index contributed by atoms with van der Waals surface area (Å²) in [6.45, 7) is 1.93. The van der Waals surface area contributed by atoms with E-state index in [1.165, 1.54) is 22.4 Å². The first-order chi connectivity index (χ1) is 15.5. The Kier molecular flexibility index (Phi) is 5.10. The first-order valence-corrected chi connectivity index (χ1v) is 11.0. The average Bonchev–Trinajstić information content (AvgIpc) is 3.09. The van der Waals surface area contributed by atoms with E-state index in [1.54, 1.807) is 24.4 Å². The Bertz CT molecular complexity index is 1250. The molecule has 160 valence electrons. The number of fused-ring (bicyclic) bond motifs is 1. The molecule has 0 bridgehead atoms. The van der Waals surface area contributed by atoms with Crippen molar-refractivity contribution < 1.29 is 14.7 Å². The number of anilines is 1. The zero-order valence-corrected chi connectivity index (χ0v) is 17.9. The van der Waals surface area contributed by atoms with Crippen molar-refractivity contribution in [2.75, 3.05) is 4.90 Å². The van der Waals surface area contributed by atoms with E-state index in [1.807, 2.05) is 49.4 Å². The molecule has 2 aliphatic rings. The molecule has 0 radical (unpaired) electrons. The van der Waals surface area contributed by atoms with Crippen LogP contribution in [0.1, 0.15) is 46.8 Å². The van der Waals surface area contributed by atoms with Crippen LogP contribution in [0.2, 0.25) is 0 Å². The molecule has 5 heteroatoms. The van der Waals surface area contributed by atoms with Crippen molar-refractivity contribution in [3.63, 3.8) is 0 Å². The number of aryl methyl sites for hydroxylation is 3. The number of hydrogen-bond acceptors (Lipinski definition) is 4. The van der Waals surface area contributed by atoms with Crippen molar-refractivity contribution in [1.29, 1.82) is 0 Å². The van der Waals surface area contributed by atoms with Gasteiger partial charge in [0.1, 0.15) is 11.8 Å². The molecule has 1 unspecified atom stereocenters. The minimum absolute atomic E-state index is 0.0750. The van der Waals surface area contributed by atoms with Crippen LogP contribution >= 0.6 is 0 Å². The van der Waals surface area contributed by atoms with Crippen molar-refractivity contribution >= 4 is 23.1 Å². The molecule has 0 saturated carbocycles. The van der Waals surface area contributed by atoms with Crippen LogP contribution in [0.25, 0.3) is 5.76 Å². The lowest BCUT2D eigenvalue weighted by molar-refractivity contribution is -0.132. The van der Waals surface area contributed by atoms with Gasteiger partial charge in [-0.05, 0) is 79.6 Å². The van der Waals surface area contributed by atoms with E-state index < -0.39 is 17.7 Å². The number of nitrogens with zero attached hydrogens (tertiary/aromatic N) is 2. The molecule has 3 aromatic rings. The SMILES string of the molecule is Cc1cccc(N2C(=O)C(=O)/C(=C(\O)c3ccc4c(c3)CCCC4)C2c2ccccn2)c1. The molecule has 1 amide bonds. The van der Waals surface area contributed by atoms with Gasteiger partial charge in [-0.3, -0.25) is 19.5 Å². The minimum atomic E-state index is -0.797. The number of aliphatic hydroxyl groups is 1. The molecule has 1 atom stereocenters. The van der Waals surface area contributed by atoms with Crippen LogP contribution < -0.4 is 4.90 Å². The molecule has 32 heavy (non-hydrogen) atoms.